The maximum absolute atomic E-state index is 13.4. The van der Waals surface area contributed by atoms with Gasteiger partial charge in [0, 0.05) is 64.9 Å². The molecule has 164 valence electrons. The monoisotopic (exact) mass is 430 g/mol. The zero-order valence-corrected chi connectivity index (χ0v) is 19.0. The van der Waals surface area contributed by atoms with Crippen molar-refractivity contribution in [1.29, 1.82) is 0 Å². The number of benzene rings is 2. The van der Waals surface area contributed by atoms with Gasteiger partial charge in [-0.05, 0) is 37.0 Å². The first-order valence-electron chi connectivity index (χ1n) is 11.0. The van der Waals surface area contributed by atoms with E-state index in [1.54, 1.807) is 6.07 Å². The Morgan fingerprint density at radius 2 is 1.40 bits per heavy atom. The molecule has 4 rings (SSSR count). The van der Waals surface area contributed by atoms with Gasteiger partial charge < -0.3 is 9.80 Å². The zero-order chi connectivity index (χ0) is 21.1. The van der Waals surface area contributed by atoms with Gasteiger partial charge in [-0.15, -0.1) is 0 Å². The first kappa shape index (κ1) is 21.7. The van der Waals surface area contributed by atoms with Crippen LogP contribution in [0.3, 0.4) is 0 Å². The van der Waals surface area contributed by atoms with Gasteiger partial charge in [0.2, 0.25) is 0 Å². The first-order valence-corrected chi connectivity index (χ1v) is 12.6. The van der Waals surface area contributed by atoms with Crippen LogP contribution in [0.4, 0.5) is 0 Å². The van der Waals surface area contributed by atoms with Crippen LogP contribution in [0.1, 0.15) is 0 Å². The van der Waals surface area contributed by atoms with Crippen LogP contribution in [0.5, 0.6) is 0 Å². The van der Waals surface area contributed by atoms with Gasteiger partial charge in [-0.25, -0.2) is 8.42 Å². The largest absolute Gasteiger partial charge is 0.304 e. The lowest BCUT2D eigenvalue weighted by Gasteiger charge is -2.41. The molecule has 6 nitrogen and oxygen atoms in total. The van der Waals surface area contributed by atoms with Crippen molar-refractivity contribution < 1.29 is 8.42 Å². The molecule has 0 unspecified atom stereocenters. The topological polar surface area (TPSA) is 47.1 Å². The third kappa shape index (κ3) is 5.21. The second kappa shape index (κ2) is 9.32. The summed E-state index contributed by atoms with van der Waals surface area (Å²) in [6.07, 6.45) is 0. The van der Waals surface area contributed by atoms with Crippen molar-refractivity contribution in [2.45, 2.75) is 10.9 Å². The highest BCUT2D eigenvalue weighted by Gasteiger charge is 2.30. The Hall–Kier alpha value is -1.51. The lowest BCUT2D eigenvalue weighted by Crippen LogP contribution is -2.56. The highest BCUT2D eigenvalue weighted by Crippen LogP contribution is 2.22. The van der Waals surface area contributed by atoms with Gasteiger partial charge in [0.25, 0.3) is 0 Å². The standard InChI is InChI=1S/C23H34N4O2S/c1-24-9-13-26(14-10-24)18-22(27-15-11-25(2)12-16-27)19-30(28,29)23-8-7-20-5-3-4-6-21(20)17-23/h3-8,17,22H,9-16,18-19H2,1-2H3/t22-/m1/s1. The second-order valence-electron chi connectivity index (χ2n) is 8.89. The summed E-state index contributed by atoms with van der Waals surface area (Å²) in [5, 5.41) is 2.05. The summed E-state index contributed by atoms with van der Waals surface area (Å²) in [4.78, 5) is 9.95. The quantitative estimate of drug-likeness (QED) is 0.692. The number of hydrogen-bond acceptors (Lipinski definition) is 6. The number of likely N-dealkylation sites (N-methyl/N-ethyl adjacent to an activating group) is 2. The lowest BCUT2D eigenvalue weighted by atomic mass is 10.1. The number of rotatable bonds is 6. The molecule has 2 aliphatic heterocycles. The number of sulfone groups is 1. The van der Waals surface area contributed by atoms with E-state index in [0.29, 0.717) is 4.90 Å². The summed E-state index contributed by atoms with van der Waals surface area (Å²) in [5.41, 5.74) is 0. The second-order valence-corrected chi connectivity index (χ2v) is 10.9. The first-order chi connectivity index (χ1) is 14.4. The fraction of sp³-hybridized carbons (Fsp3) is 0.565. The van der Waals surface area contributed by atoms with Crippen molar-refractivity contribution in [3.8, 4) is 0 Å². The van der Waals surface area contributed by atoms with Crippen LogP contribution in [0, 0.1) is 0 Å². The molecule has 0 spiro atoms. The smallest absolute Gasteiger partial charge is 0.179 e. The summed E-state index contributed by atoms with van der Waals surface area (Å²) < 4.78 is 26.8. The third-order valence-electron chi connectivity index (χ3n) is 6.61. The van der Waals surface area contributed by atoms with Gasteiger partial charge in [-0.1, -0.05) is 30.3 Å². The van der Waals surface area contributed by atoms with Crippen molar-refractivity contribution in [3.05, 3.63) is 42.5 Å². The zero-order valence-electron chi connectivity index (χ0n) is 18.2. The molecule has 2 fully saturated rings. The minimum atomic E-state index is -3.37. The molecule has 0 bridgehead atoms. The van der Waals surface area contributed by atoms with E-state index >= 15 is 0 Å². The highest BCUT2D eigenvalue weighted by atomic mass is 32.2. The Bertz CT molecular complexity index is 949. The van der Waals surface area contributed by atoms with E-state index in [2.05, 4.69) is 33.7 Å². The van der Waals surface area contributed by atoms with Crippen LogP contribution in [0.15, 0.2) is 47.4 Å². The van der Waals surface area contributed by atoms with Crippen molar-refractivity contribution in [1.82, 2.24) is 19.6 Å². The fourth-order valence-electron chi connectivity index (χ4n) is 4.50. The molecule has 0 saturated carbocycles. The molecule has 0 radical (unpaired) electrons. The summed E-state index contributed by atoms with van der Waals surface area (Å²) >= 11 is 0. The van der Waals surface area contributed by atoms with E-state index < -0.39 is 9.84 Å². The van der Waals surface area contributed by atoms with Gasteiger partial charge in [0.15, 0.2) is 9.84 Å². The van der Waals surface area contributed by atoms with Crippen LogP contribution in [0.25, 0.3) is 10.8 Å². The summed E-state index contributed by atoms with van der Waals surface area (Å²) in [5.74, 6) is 0.182. The molecule has 2 aliphatic rings. The molecule has 2 aromatic rings. The summed E-state index contributed by atoms with van der Waals surface area (Å²) in [6.45, 7) is 8.80. The Labute approximate surface area is 181 Å². The van der Waals surface area contributed by atoms with Crippen molar-refractivity contribution in [3.63, 3.8) is 0 Å². The number of hydrogen-bond donors (Lipinski definition) is 0. The molecule has 0 aliphatic carbocycles. The Morgan fingerprint density at radius 3 is 2.07 bits per heavy atom. The SMILES string of the molecule is CN1CCN(C[C@H](CS(=O)(=O)c2ccc3ccccc3c2)N2CCN(C)CC2)CC1. The molecule has 1 atom stereocenters. The third-order valence-corrected chi connectivity index (χ3v) is 8.41. The number of nitrogens with zero attached hydrogens (tertiary/aromatic N) is 4. The van der Waals surface area contributed by atoms with E-state index in [9.17, 15) is 8.42 Å². The Kier molecular flexibility index (Phi) is 6.75. The van der Waals surface area contributed by atoms with E-state index in [0.717, 1.165) is 69.7 Å². The minimum absolute atomic E-state index is 0.0265. The van der Waals surface area contributed by atoms with Gasteiger partial charge in [-0.2, -0.15) is 0 Å². The fourth-order valence-corrected chi connectivity index (χ4v) is 6.10. The predicted octanol–water partition coefficient (Wildman–Crippen LogP) is 1.48. The van der Waals surface area contributed by atoms with Crippen molar-refractivity contribution in [2.75, 3.05) is 78.8 Å². The molecule has 7 heteroatoms. The summed E-state index contributed by atoms with van der Waals surface area (Å²) in [7, 11) is 0.922. The molecule has 0 N–H and O–H groups in total. The van der Waals surface area contributed by atoms with Crippen LogP contribution in [-0.4, -0.2) is 113 Å². The number of piperazine rings is 2. The lowest BCUT2D eigenvalue weighted by molar-refractivity contribution is 0.0773. The van der Waals surface area contributed by atoms with Gasteiger partial charge in [-0.3, -0.25) is 9.80 Å². The van der Waals surface area contributed by atoms with E-state index in [1.807, 2.05) is 36.4 Å². The van der Waals surface area contributed by atoms with Gasteiger partial charge in [0.05, 0.1) is 10.6 Å². The van der Waals surface area contributed by atoms with Crippen molar-refractivity contribution >= 4 is 20.6 Å². The van der Waals surface area contributed by atoms with Crippen LogP contribution >= 0.6 is 0 Å². The Morgan fingerprint density at radius 1 is 0.800 bits per heavy atom. The van der Waals surface area contributed by atoms with Crippen LogP contribution < -0.4 is 0 Å². The maximum Gasteiger partial charge on any atom is 0.179 e. The molecular formula is C23H34N4O2S. The Balaban J connectivity index is 1.54. The maximum atomic E-state index is 13.4. The molecule has 2 saturated heterocycles. The van der Waals surface area contributed by atoms with Gasteiger partial charge >= 0.3 is 0 Å². The molecule has 2 heterocycles. The van der Waals surface area contributed by atoms with Crippen LogP contribution in [-0.2, 0) is 9.84 Å². The van der Waals surface area contributed by atoms with Crippen LogP contribution in [0.2, 0.25) is 0 Å². The van der Waals surface area contributed by atoms with E-state index in [-0.39, 0.29) is 11.8 Å². The summed E-state index contributed by atoms with van der Waals surface area (Å²) in [6, 6.07) is 13.5. The minimum Gasteiger partial charge on any atom is -0.304 e. The molecule has 0 amide bonds. The van der Waals surface area contributed by atoms with E-state index in [4.69, 9.17) is 0 Å². The molecule has 30 heavy (non-hydrogen) atoms. The molecule has 0 aromatic heterocycles. The molecule has 2 aromatic carbocycles. The van der Waals surface area contributed by atoms with Gasteiger partial charge in [0.1, 0.15) is 0 Å². The highest BCUT2D eigenvalue weighted by molar-refractivity contribution is 7.91. The van der Waals surface area contributed by atoms with E-state index in [1.165, 1.54) is 0 Å². The average molecular weight is 431 g/mol. The number of fused-ring (bicyclic) bond motifs is 1. The molecular weight excluding hydrogens is 396 g/mol. The average Bonchev–Trinajstić information content (AvgIpc) is 2.75. The predicted molar refractivity (Wildman–Crippen MR) is 123 cm³/mol. The van der Waals surface area contributed by atoms with Crippen molar-refractivity contribution in [2.24, 2.45) is 0 Å². The normalized spacial score (nSPS) is 21.8.